The highest BCUT2D eigenvalue weighted by atomic mass is 19.4. The Morgan fingerprint density at radius 2 is 1.80 bits per heavy atom. The molecule has 0 aliphatic heterocycles. The van der Waals surface area contributed by atoms with Crippen LogP contribution < -0.4 is 10.1 Å². The van der Waals surface area contributed by atoms with Gasteiger partial charge in [-0.1, -0.05) is 6.07 Å². The van der Waals surface area contributed by atoms with Gasteiger partial charge in [0.05, 0.1) is 36.4 Å². The molecule has 0 radical (unpaired) electrons. The molecule has 35 heavy (non-hydrogen) atoms. The van der Waals surface area contributed by atoms with E-state index in [-0.39, 0.29) is 5.56 Å². The lowest BCUT2D eigenvalue weighted by molar-refractivity contribution is -0.138. The van der Waals surface area contributed by atoms with Crippen LogP contribution in [0.1, 0.15) is 35.3 Å². The zero-order valence-corrected chi connectivity index (χ0v) is 19.4. The molecule has 4 aromatic rings. The van der Waals surface area contributed by atoms with Crippen LogP contribution in [0.3, 0.4) is 0 Å². The second kappa shape index (κ2) is 9.32. The van der Waals surface area contributed by atoms with Gasteiger partial charge in [-0.25, -0.2) is 14.4 Å². The summed E-state index contributed by atoms with van der Waals surface area (Å²) >= 11 is 0. The number of methoxy groups -OCH3 is 1. The first-order chi connectivity index (χ1) is 16.6. The third kappa shape index (κ3) is 5.08. The molecule has 1 N–H and O–H groups in total. The van der Waals surface area contributed by atoms with Crippen molar-refractivity contribution >= 4 is 5.82 Å². The lowest BCUT2D eigenvalue weighted by atomic mass is 10.0. The summed E-state index contributed by atoms with van der Waals surface area (Å²) in [6.07, 6.45) is -1.19. The summed E-state index contributed by atoms with van der Waals surface area (Å²) in [7, 11) is 1.51. The predicted octanol–water partition coefficient (Wildman–Crippen LogP) is 5.68. The Bertz CT molecular complexity index is 1370. The largest absolute Gasteiger partial charge is 0.479 e. The van der Waals surface area contributed by atoms with Crippen molar-refractivity contribution in [3.05, 3.63) is 77.1 Å². The monoisotopic (exact) mass is 486 g/mol. The lowest BCUT2D eigenvalue weighted by Gasteiger charge is -2.21. The number of ether oxygens (including phenoxy) is 1. The second-order valence-electron chi connectivity index (χ2n) is 8.00. The predicted molar refractivity (Wildman–Crippen MR) is 122 cm³/mol. The number of anilines is 1. The number of pyridine rings is 1. The van der Waals surface area contributed by atoms with Crippen LogP contribution in [-0.4, -0.2) is 31.8 Å². The molecule has 7 nitrogen and oxygen atoms in total. The number of aromatic nitrogens is 5. The van der Waals surface area contributed by atoms with Crippen molar-refractivity contribution in [1.82, 2.24) is 24.7 Å². The maximum atomic E-state index is 13.5. The summed E-state index contributed by atoms with van der Waals surface area (Å²) in [5.41, 5.74) is 2.03. The average Bonchev–Trinajstić information content (AvgIpc) is 3.25. The first-order valence-electron chi connectivity index (χ1n) is 10.6. The lowest BCUT2D eigenvalue weighted by Crippen LogP contribution is -2.17. The van der Waals surface area contributed by atoms with Gasteiger partial charge >= 0.3 is 6.18 Å². The standard InChI is InChI=1S/C24H22F4N6O/c1-13-9-20(19-7-8-21(23(31-19)35-4)34-11-14(2)29-12-34)32-33-22(13)30-15(3)17-6-5-16(25)10-18(17)24(26,27)28/h5-12,15H,1-4H3,(H,30,33). The molecular formula is C24H22F4N6O. The minimum Gasteiger partial charge on any atom is -0.479 e. The van der Waals surface area contributed by atoms with Gasteiger partial charge in [-0.05, 0) is 62.2 Å². The van der Waals surface area contributed by atoms with Crippen LogP contribution in [0.4, 0.5) is 23.4 Å². The third-order valence-corrected chi connectivity index (χ3v) is 5.41. The van der Waals surface area contributed by atoms with Crippen molar-refractivity contribution in [3.63, 3.8) is 0 Å². The van der Waals surface area contributed by atoms with E-state index in [1.807, 2.05) is 19.2 Å². The van der Waals surface area contributed by atoms with E-state index in [4.69, 9.17) is 4.74 Å². The van der Waals surface area contributed by atoms with Gasteiger partial charge in [0, 0.05) is 6.20 Å². The van der Waals surface area contributed by atoms with Crippen molar-refractivity contribution < 1.29 is 22.3 Å². The third-order valence-electron chi connectivity index (χ3n) is 5.41. The van der Waals surface area contributed by atoms with Gasteiger partial charge in [-0.15, -0.1) is 10.2 Å². The van der Waals surface area contributed by atoms with Crippen molar-refractivity contribution in [2.75, 3.05) is 12.4 Å². The average molecular weight is 486 g/mol. The Morgan fingerprint density at radius 3 is 2.43 bits per heavy atom. The first kappa shape index (κ1) is 24.1. The van der Waals surface area contributed by atoms with Crippen LogP contribution in [-0.2, 0) is 6.18 Å². The smallest absolute Gasteiger partial charge is 0.416 e. The van der Waals surface area contributed by atoms with Crippen LogP contribution >= 0.6 is 0 Å². The number of nitrogens with zero attached hydrogens (tertiary/aromatic N) is 5. The molecule has 182 valence electrons. The van der Waals surface area contributed by atoms with E-state index in [1.165, 1.54) is 7.11 Å². The van der Waals surface area contributed by atoms with E-state index in [0.29, 0.717) is 40.4 Å². The topological polar surface area (TPSA) is 77.8 Å². The van der Waals surface area contributed by atoms with E-state index in [0.717, 1.165) is 17.8 Å². The summed E-state index contributed by atoms with van der Waals surface area (Å²) in [5, 5.41) is 11.3. The van der Waals surface area contributed by atoms with E-state index in [1.54, 1.807) is 36.9 Å². The molecule has 1 atom stereocenters. The van der Waals surface area contributed by atoms with E-state index in [2.05, 4.69) is 25.5 Å². The first-order valence-corrected chi connectivity index (χ1v) is 10.6. The number of benzene rings is 1. The number of nitrogens with one attached hydrogen (secondary N) is 1. The molecular weight excluding hydrogens is 464 g/mol. The number of imidazole rings is 1. The van der Waals surface area contributed by atoms with Crippen molar-refractivity contribution in [2.24, 2.45) is 0 Å². The highest BCUT2D eigenvalue weighted by Crippen LogP contribution is 2.36. The van der Waals surface area contributed by atoms with Crippen LogP contribution in [0.5, 0.6) is 5.88 Å². The van der Waals surface area contributed by atoms with E-state index >= 15 is 0 Å². The van der Waals surface area contributed by atoms with Gasteiger partial charge in [-0.2, -0.15) is 13.2 Å². The summed E-state index contributed by atoms with van der Waals surface area (Å²) < 4.78 is 60.9. The molecule has 1 unspecified atom stereocenters. The van der Waals surface area contributed by atoms with E-state index in [9.17, 15) is 17.6 Å². The quantitative estimate of drug-likeness (QED) is 0.353. The summed E-state index contributed by atoms with van der Waals surface area (Å²) in [6, 6.07) is 7.11. The number of hydrogen-bond donors (Lipinski definition) is 1. The molecule has 1 aromatic carbocycles. The summed E-state index contributed by atoms with van der Waals surface area (Å²) in [5.74, 6) is -0.284. The van der Waals surface area contributed by atoms with Gasteiger partial charge in [0.1, 0.15) is 17.2 Å². The molecule has 0 fully saturated rings. The molecule has 3 heterocycles. The Hall–Kier alpha value is -4.02. The molecule has 0 spiro atoms. The van der Waals surface area contributed by atoms with Gasteiger partial charge in [-0.3, -0.25) is 0 Å². The number of aryl methyl sites for hydroxylation is 2. The maximum Gasteiger partial charge on any atom is 0.416 e. The van der Waals surface area contributed by atoms with Crippen LogP contribution in [0.15, 0.2) is 48.9 Å². The molecule has 0 saturated carbocycles. The molecule has 0 aliphatic carbocycles. The van der Waals surface area contributed by atoms with Crippen LogP contribution in [0.2, 0.25) is 0 Å². The Balaban J connectivity index is 1.60. The van der Waals surface area contributed by atoms with Crippen LogP contribution in [0, 0.1) is 19.7 Å². The second-order valence-corrected chi connectivity index (χ2v) is 8.00. The highest BCUT2D eigenvalue weighted by molar-refractivity contribution is 5.61. The van der Waals surface area contributed by atoms with Crippen molar-refractivity contribution in [2.45, 2.75) is 33.0 Å². The Morgan fingerprint density at radius 1 is 1.03 bits per heavy atom. The molecule has 0 aliphatic rings. The molecule has 0 amide bonds. The van der Waals surface area contributed by atoms with Gasteiger partial charge in [0.25, 0.3) is 0 Å². The van der Waals surface area contributed by atoms with Crippen molar-refractivity contribution in [1.29, 1.82) is 0 Å². The summed E-state index contributed by atoms with van der Waals surface area (Å²) in [6.45, 7) is 5.17. The molecule has 3 aromatic heterocycles. The number of alkyl halides is 3. The zero-order valence-electron chi connectivity index (χ0n) is 19.4. The van der Waals surface area contributed by atoms with Crippen LogP contribution in [0.25, 0.3) is 17.1 Å². The molecule has 0 saturated heterocycles. The molecule has 0 bridgehead atoms. The van der Waals surface area contributed by atoms with Gasteiger partial charge in [0.2, 0.25) is 5.88 Å². The number of rotatable bonds is 6. The number of hydrogen-bond acceptors (Lipinski definition) is 6. The minimum atomic E-state index is -4.69. The zero-order chi connectivity index (χ0) is 25.3. The molecule has 11 heteroatoms. The maximum absolute atomic E-state index is 13.5. The summed E-state index contributed by atoms with van der Waals surface area (Å²) in [4.78, 5) is 8.73. The SMILES string of the molecule is COc1nc(-c2cc(C)c(NC(C)c3ccc(F)cc3C(F)(F)F)nn2)ccc1-n1cnc(C)c1. The fraction of sp³-hybridized carbons (Fsp3) is 0.250. The molecule has 4 rings (SSSR count). The highest BCUT2D eigenvalue weighted by Gasteiger charge is 2.35. The van der Waals surface area contributed by atoms with Gasteiger partial charge < -0.3 is 14.6 Å². The Kier molecular flexibility index (Phi) is 6.42. The fourth-order valence-corrected chi connectivity index (χ4v) is 3.66. The minimum absolute atomic E-state index is 0.0964. The van der Waals surface area contributed by atoms with Crippen molar-refractivity contribution in [3.8, 4) is 23.0 Å². The Labute approximate surface area is 198 Å². The number of halogens is 4. The van der Waals surface area contributed by atoms with Gasteiger partial charge in [0.15, 0.2) is 5.82 Å². The normalized spacial score (nSPS) is 12.5. The van der Waals surface area contributed by atoms with E-state index < -0.39 is 23.6 Å². The fourth-order valence-electron chi connectivity index (χ4n) is 3.66.